The second kappa shape index (κ2) is 3.52. The molecule has 2 rings (SSSR count). The number of aliphatic carboxylic acids is 1. The Morgan fingerprint density at radius 1 is 1.50 bits per heavy atom. The largest absolute Gasteiger partial charge is 0.478 e. The number of pyridine rings is 1. The lowest BCUT2D eigenvalue weighted by Crippen LogP contribution is -2.38. The molecule has 0 aliphatic heterocycles. The van der Waals surface area contributed by atoms with E-state index in [2.05, 4.69) is 4.98 Å². The van der Waals surface area contributed by atoms with E-state index in [4.69, 9.17) is 9.84 Å². The summed E-state index contributed by atoms with van der Waals surface area (Å²) < 4.78 is 7.22. The SMILES string of the molecule is CC(C)(Oc1cccn2ccnc12)C(=O)O. The normalized spacial score (nSPS) is 11.6. The average Bonchev–Trinajstić information content (AvgIpc) is 2.65. The standard InChI is InChI=1S/C11H12N2O3/c1-11(2,10(14)15)16-8-4-3-6-13-7-5-12-9(8)13/h3-7H,1-2H3,(H,14,15). The topological polar surface area (TPSA) is 63.8 Å². The van der Waals surface area contributed by atoms with Gasteiger partial charge in [0.25, 0.3) is 0 Å². The smallest absolute Gasteiger partial charge is 0.347 e. The molecule has 5 heteroatoms. The van der Waals surface area contributed by atoms with Gasteiger partial charge in [-0.2, -0.15) is 0 Å². The molecule has 2 aromatic heterocycles. The van der Waals surface area contributed by atoms with E-state index in [9.17, 15) is 4.79 Å². The van der Waals surface area contributed by atoms with Gasteiger partial charge in [-0.15, -0.1) is 0 Å². The maximum atomic E-state index is 10.9. The fraction of sp³-hybridized carbons (Fsp3) is 0.273. The van der Waals surface area contributed by atoms with Gasteiger partial charge < -0.3 is 14.2 Å². The Labute approximate surface area is 92.3 Å². The molecule has 0 saturated carbocycles. The molecule has 0 saturated heterocycles. The number of nitrogens with zero attached hydrogens (tertiary/aromatic N) is 2. The van der Waals surface area contributed by atoms with Gasteiger partial charge in [0.1, 0.15) is 0 Å². The zero-order chi connectivity index (χ0) is 11.8. The van der Waals surface area contributed by atoms with E-state index in [1.54, 1.807) is 28.9 Å². The van der Waals surface area contributed by atoms with Crippen LogP contribution in [0.5, 0.6) is 5.75 Å². The molecule has 0 spiro atoms. The van der Waals surface area contributed by atoms with Gasteiger partial charge >= 0.3 is 5.97 Å². The molecule has 0 aliphatic carbocycles. The van der Waals surface area contributed by atoms with Crippen molar-refractivity contribution in [2.24, 2.45) is 0 Å². The molecule has 0 fully saturated rings. The molecule has 1 N–H and O–H groups in total. The molecular weight excluding hydrogens is 208 g/mol. The highest BCUT2D eigenvalue weighted by atomic mass is 16.5. The number of rotatable bonds is 3. The van der Waals surface area contributed by atoms with Gasteiger partial charge in [-0.25, -0.2) is 9.78 Å². The van der Waals surface area contributed by atoms with Gasteiger partial charge in [-0.05, 0) is 26.0 Å². The number of carboxylic acid groups (broad SMARTS) is 1. The molecule has 0 radical (unpaired) electrons. The third-order valence-electron chi connectivity index (χ3n) is 2.26. The van der Waals surface area contributed by atoms with Crippen LogP contribution in [-0.4, -0.2) is 26.1 Å². The number of aromatic nitrogens is 2. The molecule has 2 heterocycles. The van der Waals surface area contributed by atoms with Crippen LogP contribution in [0.3, 0.4) is 0 Å². The van der Waals surface area contributed by atoms with Crippen LogP contribution in [0.1, 0.15) is 13.8 Å². The van der Waals surface area contributed by atoms with E-state index in [-0.39, 0.29) is 0 Å². The predicted molar refractivity (Wildman–Crippen MR) is 57.5 cm³/mol. The Hall–Kier alpha value is -2.04. The van der Waals surface area contributed by atoms with Gasteiger partial charge in [0.2, 0.25) is 0 Å². The van der Waals surface area contributed by atoms with Crippen molar-refractivity contribution in [3.05, 3.63) is 30.7 Å². The van der Waals surface area contributed by atoms with Crippen LogP contribution < -0.4 is 4.74 Å². The fourth-order valence-electron chi connectivity index (χ4n) is 1.32. The molecule has 84 valence electrons. The molecule has 0 amide bonds. The summed E-state index contributed by atoms with van der Waals surface area (Å²) in [4.78, 5) is 15.1. The second-order valence-corrected chi connectivity index (χ2v) is 3.95. The van der Waals surface area contributed by atoms with Gasteiger partial charge in [0.05, 0.1) is 0 Å². The van der Waals surface area contributed by atoms with Crippen LogP contribution in [-0.2, 0) is 4.79 Å². The Balaban J connectivity index is 2.41. The zero-order valence-electron chi connectivity index (χ0n) is 9.04. The van der Waals surface area contributed by atoms with Gasteiger partial charge in [0.15, 0.2) is 17.0 Å². The summed E-state index contributed by atoms with van der Waals surface area (Å²) in [5, 5.41) is 8.97. The quantitative estimate of drug-likeness (QED) is 0.852. The third-order valence-corrected chi connectivity index (χ3v) is 2.26. The molecular formula is C11H12N2O3. The lowest BCUT2D eigenvalue weighted by Gasteiger charge is -2.21. The fourth-order valence-corrected chi connectivity index (χ4v) is 1.32. The predicted octanol–water partition coefficient (Wildman–Crippen LogP) is 1.58. The van der Waals surface area contributed by atoms with Crippen molar-refractivity contribution in [2.75, 3.05) is 0 Å². The molecule has 0 bridgehead atoms. The summed E-state index contributed by atoms with van der Waals surface area (Å²) in [6, 6.07) is 3.48. The maximum Gasteiger partial charge on any atom is 0.347 e. The number of imidazole rings is 1. The molecule has 0 aliphatic rings. The van der Waals surface area contributed by atoms with Crippen molar-refractivity contribution in [1.29, 1.82) is 0 Å². The van der Waals surface area contributed by atoms with Crippen molar-refractivity contribution in [3.63, 3.8) is 0 Å². The maximum absolute atomic E-state index is 10.9. The number of carbonyl (C=O) groups is 1. The van der Waals surface area contributed by atoms with Crippen LogP contribution in [0, 0.1) is 0 Å². The van der Waals surface area contributed by atoms with Gasteiger partial charge in [-0.3, -0.25) is 0 Å². The zero-order valence-corrected chi connectivity index (χ0v) is 9.04. The van der Waals surface area contributed by atoms with E-state index < -0.39 is 11.6 Å². The highest BCUT2D eigenvalue weighted by Gasteiger charge is 2.30. The number of carboxylic acids is 1. The Morgan fingerprint density at radius 3 is 2.94 bits per heavy atom. The molecule has 2 aromatic rings. The van der Waals surface area contributed by atoms with Crippen LogP contribution in [0.2, 0.25) is 0 Å². The van der Waals surface area contributed by atoms with E-state index in [0.29, 0.717) is 11.4 Å². The van der Waals surface area contributed by atoms with Crippen LogP contribution in [0.4, 0.5) is 0 Å². The lowest BCUT2D eigenvalue weighted by atomic mass is 10.1. The van der Waals surface area contributed by atoms with Crippen molar-refractivity contribution in [1.82, 2.24) is 9.38 Å². The minimum absolute atomic E-state index is 0.458. The highest BCUT2D eigenvalue weighted by molar-refractivity contribution is 5.77. The number of hydrogen-bond acceptors (Lipinski definition) is 3. The lowest BCUT2D eigenvalue weighted by molar-refractivity contribution is -0.152. The first kappa shape index (κ1) is 10.5. The van der Waals surface area contributed by atoms with Gasteiger partial charge in [-0.1, -0.05) is 0 Å². The van der Waals surface area contributed by atoms with E-state index in [1.165, 1.54) is 13.8 Å². The van der Waals surface area contributed by atoms with Crippen molar-refractivity contribution in [2.45, 2.75) is 19.4 Å². The van der Waals surface area contributed by atoms with E-state index >= 15 is 0 Å². The van der Waals surface area contributed by atoms with Crippen LogP contribution >= 0.6 is 0 Å². The number of ether oxygens (including phenoxy) is 1. The van der Waals surface area contributed by atoms with Gasteiger partial charge in [0, 0.05) is 18.6 Å². The summed E-state index contributed by atoms with van der Waals surface area (Å²) >= 11 is 0. The molecule has 0 aromatic carbocycles. The highest BCUT2D eigenvalue weighted by Crippen LogP contribution is 2.22. The molecule has 0 atom stereocenters. The summed E-state index contributed by atoms with van der Waals surface area (Å²) in [5.41, 5.74) is -0.662. The summed E-state index contributed by atoms with van der Waals surface area (Å²) in [6.07, 6.45) is 5.23. The van der Waals surface area contributed by atoms with Crippen molar-refractivity contribution >= 4 is 11.6 Å². The first-order valence-electron chi connectivity index (χ1n) is 4.85. The second-order valence-electron chi connectivity index (χ2n) is 3.95. The Morgan fingerprint density at radius 2 is 2.25 bits per heavy atom. The Bertz CT molecular complexity index is 531. The van der Waals surface area contributed by atoms with Crippen LogP contribution in [0.25, 0.3) is 5.65 Å². The summed E-state index contributed by atoms with van der Waals surface area (Å²) in [7, 11) is 0. The summed E-state index contributed by atoms with van der Waals surface area (Å²) in [6.45, 7) is 3.00. The van der Waals surface area contributed by atoms with Crippen molar-refractivity contribution < 1.29 is 14.6 Å². The Kier molecular flexibility index (Phi) is 2.30. The summed E-state index contributed by atoms with van der Waals surface area (Å²) in [5.74, 6) is -0.555. The van der Waals surface area contributed by atoms with Crippen molar-refractivity contribution in [3.8, 4) is 5.75 Å². The minimum Gasteiger partial charge on any atom is -0.478 e. The van der Waals surface area contributed by atoms with Crippen LogP contribution in [0.15, 0.2) is 30.7 Å². The van der Waals surface area contributed by atoms with E-state index in [1.807, 2.05) is 6.20 Å². The molecule has 0 unspecified atom stereocenters. The van der Waals surface area contributed by atoms with E-state index in [0.717, 1.165) is 0 Å². The molecule has 16 heavy (non-hydrogen) atoms. The average molecular weight is 220 g/mol. The molecule has 5 nitrogen and oxygen atoms in total. The number of hydrogen-bond donors (Lipinski definition) is 1. The first-order chi connectivity index (χ1) is 7.50. The third kappa shape index (κ3) is 1.71. The monoisotopic (exact) mass is 220 g/mol. The number of fused-ring (bicyclic) bond motifs is 1. The first-order valence-corrected chi connectivity index (χ1v) is 4.85. The minimum atomic E-state index is -1.27.